The molecule has 20 rings (SSSR count). The van der Waals surface area contributed by atoms with Gasteiger partial charge in [0.2, 0.25) is 0 Å². The first-order valence-corrected chi connectivity index (χ1v) is 37.3. The smallest absolute Gasteiger partial charge is 0.252 e. The van der Waals surface area contributed by atoms with Crippen LogP contribution < -0.4 is 26.2 Å². The van der Waals surface area contributed by atoms with Gasteiger partial charge in [-0.3, -0.25) is 9.97 Å². The van der Waals surface area contributed by atoms with Crippen LogP contribution in [-0.2, 0) is 13.1 Å². The average Bonchev–Trinajstić information content (AvgIpc) is 0.889. The standard InChI is InChI=1S/C102H70BN5/c1-9-31-69(32-10-1)80-49-29-50-81(70-33-11-2-12-34-70)90(80)67-106-98-57-55-77(88-65-104-94(75-43-21-7-22-44-75)63-86(88)73-39-17-5-18-40-73)59-92(98)103-93-60-78(89-66-105-95(76-45-23-8-24-46-76)64-87(89)74-41-19-6-20-42-74)56-58-99(93)107(68-91-82(71-35-13-3-14-36-71)51-30-52-83(91)72-37-15-4-16-38-72)101-62-79(61-100(106)102(101)103)108-96-53-27-25-47-84(96)85-48-26-28-54-97(85)108/h1-66H,67-68H2. The third kappa shape index (κ3) is 11.3. The van der Waals surface area contributed by atoms with Crippen molar-refractivity contribution in [3.05, 3.63) is 412 Å². The third-order valence-electron chi connectivity index (χ3n) is 22.2. The van der Waals surface area contributed by atoms with Crippen molar-refractivity contribution in [2.45, 2.75) is 13.1 Å². The topological polar surface area (TPSA) is 37.2 Å². The van der Waals surface area contributed by atoms with E-state index in [0.717, 1.165) is 129 Å². The van der Waals surface area contributed by atoms with Crippen LogP contribution in [0.4, 0.5) is 22.7 Å². The number of benzene rings is 15. The fourth-order valence-electron chi connectivity index (χ4n) is 17.2. The van der Waals surface area contributed by atoms with E-state index in [1.807, 2.05) is 0 Å². The highest BCUT2D eigenvalue weighted by Crippen LogP contribution is 2.48. The summed E-state index contributed by atoms with van der Waals surface area (Å²) in [5, 5.41) is 2.41. The maximum absolute atomic E-state index is 5.37. The molecule has 0 saturated heterocycles. The second-order valence-corrected chi connectivity index (χ2v) is 28.2. The lowest BCUT2D eigenvalue weighted by Gasteiger charge is -2.45. The zero-order valence-corrected chi connectivity index (χ0v) is 59.3. The zero-order valence-electron chi connectivity index (χ0n) is 59.3. The van der Waals surface area contributed by atoms with Gasteiger partial charge in [-0.1, -0.05) is 340 Å². The van der Waals surface area contributed by atoms with E-state index in [0.29, 0.717) is 13.1 Å². The van der Waals surface area contributed by atoms with Gasteiger partial charge in [-0.05, 0) is 154 Å². The van der Waals surface area contributed by atoms with E-state index >= 15 is 0 Å². The lowest BCUT2D eigenvalue weighted by atomic mass is 9.33. The van der Waals surface area contributed by atoms with E-state index in [-0.39, 0.29) is 6.71 Å². The van der Waals surface area contributed by atoms with E-state index < -0.39 is 0 Å². The molecule has 0 atom stereocenters. The van der Waals surface area contributed by atoms with Crippen molar-refractivity contribution in [3.63, 3.8) is 0 Å². The van der Waals surface area contributed by atoms with Crippen molar-refractivity contribution < 1.29 is 0 Å². The summed E-state index contributed by atoms with van der Waals surface area (Å²) in [6.07, 6.45) is 4.24. The SMILES string of the molecule is c1ccc(-c2cc(-c3ccccc3)c(-c3ccc4c(c3)B3c5cc(-c6cnc(-c7ccccc7)cc6-c6ccccc6)ccc5N(Cc5c(-c6ccccc6)cccc5-c5ccccc5)c5cc(-n6c7ccccc7c7ccccc76)cc(c53)N4Cc3c(-c4ccccc4)cccc3-c3ccccc3)cn2)cc1. The number of aromatic nitrogens is 3. The van der Waals surface area contributed by atoms with E-state index in [4.69, 9.17) is 9.97 Å². The highest BCUT2D eigenvalue weighted by atomic mass is 15.2. The molecule has 2 aliphatic heterocycles. The molecule has 6 heteroatoms. The Bertz CT molecular complexity index is 5910. The van der Waals surface area contributed by atoms with Crippen LogP contribution >= 0.6 is 0 Å². The summed E-state index contributed by atoms with van der Waals surface area (Å²) >= 11 is 0. The molecule has 18 aromatic rings. The molecule has 5 heterocycles. The van der Waals surface area contributed by atoms with Gasteiger partial charge in [-0.15, -0.1) is 0 Å². The minimum Gasteiger partial charge on any atom is -0.338 e. The van der Waals surface area contributed by atoms with Gasteiger partial charge >= 0.3 is 0 Å². The summed E-state index contributed by atoms with van der Waals surface area (Å²) in [5.41, 5.74) is 36.1. The summed E-state index contributed by atoms with van der Waals surface area (Å²) in [6.45, 7) is 0.743. The third-order valence-corrected chi connectivity index (χ3v) is 22.2. The van der Waals surface area contributed by atoms with Crippen LogP contribution in [0.2, 0.25) is 0 Å². The van der Waals surface area contributed by atoms with Gasteiger partial charge in [0, 0.05) is 81.3 Å². The average molecular weight is 1380 g/mol. The molecule has 0 aliphatic carbocycles. The van der Waals surface area contributed by atoms with E-state index in [2.05, 4.69) is 415 Å². The minimum absolute atomic E-state index is 0.316. The van der Waals surface area contributed by atoms with Crippen LogP contribution in [-0.4, -0.2) is 21.2 Å². The Morgan fingerprint density at radius 2 is 0.537 bits per heavy atom. The molecule has 2 aliphatic rings. The molecule has 5 nitrogen and oxygen atoms in total. The molecule has 0 amide bonds. The number of nitrogens with zero attached hydrogens (tertiary/aromatic N) is 5. The Balaban J connectivity index is 0.917. The number of para-hydroxylation sites is 2. The summed E-state index contributed by atoms with van der Waals surface area (Å²) in [4.78, 5) is 16.1. The Morgan fingerprint density at radius 3 is 0.880 bits per heavy atom. The predicted octanol–water partition coefficient (Wildman–Crippen LogP) is 24.1. The maximum atomic E-state index is 5.37. The fraction of sp³-hybridized carbons (Fsp3) is 0.0196. The monoisotopic (exact) mass is 1380 g/mol. The minimum atomic E-state index is -0.316. The first-order chi connectivity index (χ1) is 53.6. The van der Waals surface area contributed by atoms with Crippen molar-refractivity contribution >= 4 is 67.7 Å². The Kier molecular flexibility index (Phi) is 16.1. The quantitative estimate of drug-likeness (QED) is 0.0959. The highest BCUT2D eigenvalue weighted by Gasteiger charge is 2.44. The predicted molar refractivity (Wildman–Crippen MR) is 453 cm³/mol. The first kappa shape index (κ1) is 63.7. The normalized spacial score (nSPS) is 12.1. The molecule has 0 radical (unpaired) electrons. The van der Waals surface area contributed by atoms with Gasteiger partial charge in [0.1, 0.15) is 0 Å². The lowest BCUT2D eigenvalue weighted by Crippen LogP contribution is -2.62. The summed E-state index contributed by atoms with van der Waals surface area (Å²) < 4.78 is 2.53. The van der Waals surface area contributed by atoms with Gasteiger partial charge in [0.15, 0.2) is 0 Å². The fourth-order valence-corrected chi connectivity index (χ4v) is 17.2. The molecule has 0 saturated carbocycles. The molecule has 0 unspecified atom stereocenters. The van der Waals surface area contributed by atoms with Gasteiger partial charge in [-0.2, -0.15) is 0 Å². The summed E-state index contributed by atoms with van der Waals surface area (Å²) in [7, 11) is 0. The number of anilines is 4. The van der Waals surface area contributed by atoms with Crippen molar-refractivity contribution in [2.24, 2.45) is 0 Å². The van der Waals surface area contributed by atoms with Crippen molar-refractivity contribution in [1.29, 1.82) is 0 Å². The van der Waals surface area contributed by atoms with E-state index in [9.17, 15) is 0 Å². The summed E-state index contributed by atoms with van der Waals surface area (Å²) in [5.74, 6) is 0. The van der Waals surface area contributed by atoms with Gasteiger partial charge in [0.25, 0.3) is 6.71 Å². The summed E-state index contributed by atoms with van der Waals surface area (Å²) in [6, 6.07) is 143. The zero-order chi connectivity index (χ0) is 71.4. The highest BCUT2D eigenvalue weighted by molar-refractivity contribution is 7.00. The van der Waals surface area contributed by atoms with Crippen LogP contribution in [0, 0.1) is 0 Å². The Labute approximate surface area is 630 Å². The molecule has 108 heavy (non-hydrogen) atoms. The Hall–Kier alpha value is -13.9. The molecule has 0 bridgehead atoms. The van der Waals surface area contributed by atoms with Gasteiger partial charge < -0.3 is 14.4 Å². The second-order valence-electron chi connectivity index (χ2n) is 28.2. The molecule has 15 aromatic carbocycles. The molecule has 506 valence electrons. The van der Waals surface area contributed by atoms with Crippen LogP contribution in [0.1, 0.15) is 11.1 Å². The van der Waals surface area contributed by atoms with Crippen molar-refractivity contribution in [1.82, 2.24) is 14.5 Å². The molecular weight excluding hydrogens is 1310 g/mol. The number of fused-ring (bicyclic) bond motifs is 7. The molecule has 3 aromatic heterocycles. The number of hydrogen-bond acceptors (Lipinski definition) is 4. The molecule has 0 N–H and O–H groups in total. The maximum Gasteiger partial charge on any atom is 0.252 e. The van der Waals surface area contributed by atoms with Crippen LogP contribution in [0.15, 0.2) is 401 Å². The molecular formula is C102H70BN5. The van der Waals surface area contributed by atoms with Crippen molar-refractivity contribution in [2.75, 3.05) is 9.80 Å². The van der Waals surface area contributed by atoms with Gasteiger partial charge in [0.05, 0.1) is 28.1 Å². The molecule has 0 fully saturated rings. The van der Waals surface area contributed by atoms with Crippen molar-refractivity contribution in [3.8, 4) is 117 Å². The van der Waals surface area contributed by atoms with E-state index in [1.54, 1.807) is 0 Å². The largest absolute Gasteiger partial charge is 0.338 e. The van der Waals surface area contributed by atoms with Crippen LogP contribution in [0.25, 0.3) is 139 Å². The first-order valence-electron chi connectivity index (χ1n) is 37.3. The second kappa shape index (κ2) is 27.3. The lowest BCUT2D eigenvalue weighted by molar-refractivity contribution is 0.961. The van der Waals surface area contributed by atoms with Gasteiger partial charge in [-0.25, -0.2) is 0 Å². The number of hydrogen-bond donors (Lipinski definition) is 0. The van der Waals surface area contributed by atoms with Crippen LogP contribution in [0.3, 0.4) is 0 Å². The number of rotatable bonds is 15. The number of pyridine rings is 2. The molecule has 0 spiro atoms. The van der Waals surface area contributed by atoms with Crippen LogP contribution in [0.5, 0.6) is 0 Å². The Morgan fingerprint density at radius 1 is 0.231 bits per heavy atom. The van der Waals surface area contributed by atoms with E-state index in [1.165, 1.54) is 60.5 Å².